The van der Waals surface area contributed by atoms with Crippen LogP contribution in [0.25, 0.3) is 28.4 Å². The summed E-state index contributed by atoms with van der Waals surface area (Å²) in [5.41, 5.74) is -1.20. The molecule has 4 heterocycles. The van der Waals surface area contributed by atoms with Gasteiger partial charge in [0, 0.05) is 23.8 Å². The lowest BCUT2D eigenvalue weighted by atomic mass is 9.98. The molecule has 4 aromatic rings. The molecular weight excluding hydrogens is 856 g/mol. The monoisotopic (exact) mass is 902 g/mol. The number of phenols is 4. The Labute approximate surface area is 361 Å². The maximum atomic E-state index is 14.4. The van der Waals surface area contributed by atoms with Crippen molar-refractivity contribution in [2.75, 3.05) is 6.61 Å². The molecule has 7 rings (SSSR count). The van der Waals surface area contributed by atoms with Crippen LogP contribution >= 0.6 is 0 Å². The molecule has 3 fully saturated rings. The molecule has 0 spiro atoms. The summed E-state index contributed by atoms with van der Waals surface area (Å²) >= 11 is 0. The molecule has 0 bridgehead atoms. The molecule has 346 valence electrons. The zero-order valence-electron chi connectivity index (χ0n) is 33.7. The number of ether oxygens (including phenoxy) is 7. The van der Waals surface area contributed by atoms with Crippen LogP contribution in [0.1, 0.15) is 19.4 Å². The van der Waals surface area contributed by atoms with Gasteiger partial charge in [-0.2, -0.15) is 0 Å². The molecule has 12 N–H and O–H groups in total. The molecule has 0 amide bonds. The number of esters is 1. The molecule has 0 saturated carbocycles. The third-order valence-corrected chi connectivity index (χ3v) is 10.9. The third kappa shape index (κ3) is 9.44. The number of benzene rings is 3. The molecule has 22 nitrogen and oxygen atoms in total. The quantitative estimate of drug-likeness (QED) is 0.0477. The van der Waals surface area contributed by atoms with E-state index in [-0.39, 0.29) is 17.1 Å². The minimum Gasteiger partial charge on any atom is -0.508 e. The second-order valence-corrected chi connectivity index (χ2v) is 15.4. The number of phenolic OH excluding ortho intramolecular Hbond substituents is 4. The summed E-state index contributed by atoms with van der Waals surface area (Å²) in [6, 6.07) is 10.9. The van der Waals surface area contributed by atoms with Crippen LogP contribution in [0.4, 0.5) is 0 Å². The Kier molecular flexibility index (Phi) is 13.7. The molecule has 3 saturated heterocycles. The molecular formula is C42H46O22. The lowest BCUT2D eigenvalue weighted by Gasteiger charge is -2.43. The average Bonchev–Trinajstić information content (AvgIpc) is 3.26. The van der Waals surface area contributed by atoms with Crippen LogP contribution in [-0.2, 0) is 28.5 Å². The number of hydrogen-bond acceptors (Lipinski definition) is 22. The lowest BCUT2D eigenvalue weighted by molar-refractivity contribution is -0.319. The first-order chi connectivity index (χ1) is 30.3. The predicted molar refractivity (Wildman–Crippen MR) is 213 cm³/mol. The highest BCUT2D eigenvalue weighted by atomic mass is 16.7. The van der Waals surface area contributed by atoms with Crippen LogP contribution in [0, 0.1) is 0 Å². The van der Waals surface area contributed by atoms with E-state index in [1.54, 1.807) is 0 Å². The summed E-state index contributed by atoms with van der Waals surface area (Å²) in [6.07, 6.45) is -22.6. The Hall–Kier alpha value is -5.60. The van der Waals surface area contributed by atoms with Crippen molar-refractivity contribution in [3.05, 3.63) is 76.5 Å². The van der Waals surface area contributed by atoms with Gasteiger partial charge in [-0.15, -0.1) is 0 Å². The highest BCUT2D eigenvalue weighted by Crippen LogP contribution is 2.40. The molecule has 22 heteroatoms. The summed E-state index contributed by atoms with van der Waals surface area (Å²) in [7, 11) is 0. The van der Waals surface area contributed by atoms with E-state index in [9.17, 15) is 70.9 Å². The highest BCUT2D eigenvalue weighted by molar-refractivity contribution is 5.89. The fourth-order valence-corrected chi connectivity index (χ4v) is 7.20. The Bertz CT molecular complexity index is 2390. The zero-order chi connectivity index (χ0) is 46.3. The second-order valence-electron chi connectivity index (χ2n) is 15.4. The van der Waals surface area contributed by atoms with Gasteiger partial charge in [-0.1, -0.05) is 12.1 Å². The predicted octanol–water partition coefficient (Wildman–Crippen LogP) is -1.22. The summed E-state index contributed by atoms with van der Waals surface area (Å²) in [5.74, 6) is -4.73. The first kappa shape index (κ1) is 46.4. The standard InChI is InChI=1S/C42H46O22/c1-15-28(48)31(51)34(54)40(58-15)57-14-25-38(63-26(47)10-5-17-3-7-19(43)8-4-17)33(53)36(56)42(62-25)64-39-30(50)27-23(46)12-20(60-41-35(55)32(52)29(49)16(2)59-41)13-24(27)61-37(39)18-6-9-21(44)22(45)11-18/h3-13,15-16,25,28-29,31-36,38,40-46,48-49,51-56H,14H2,1-2H3/t15-,16+,25+,28-,29+,31+,32-,33+,34+,35-,36+,38-,40+,41+,42-/m0/s1. The van der Waals surface area contributed by atoms with Crippen molar-refractivity contribution in [2.24, 2.45) is 0 Å². The molecule has 3 aromatic carbocycles. The van der Waals surface area contributed by atoms with E-state index in [2.05, 4.69) is 0 Å². The minimum atomic E-state index is -2.15. The zero-order valence-corrected chi connectivity index (χ0v) is 33.7. The maximum Gasteiger partial charge on any atom is 0.331 e. The van der Waals surface area contributed by atoms with E-state index in [1.165, 1.54) is 50.3 Å². The Morgan fingerprint density at radius 2 is 1.27 bits per heavy atom. The van der Waals surface area contributed by atoms with Gasteiger partial charge in [-0.25, -0.2) is 4.79 Å². The first-order valence-corrected chi connectivity index (χ1v) is 19.7. The largest absolute Gasteiger partial charge is 0.508 e. The van der Waals surface area contributed by atoms with E-state index in [4.69, 9.17) is 37.6 Å². The lowest BCUT2D eigenvalue weighted by Crippen LogP contribution is -2.62. The normalized spacial score (nSPS) is 33.2. The summed E-state index contributed by atoms with van der Waals surface area (Å²) in [4.78, 5) is 27.4. The van der Waals surface area contributed by atoms with Gasteiger partial charge in [0.1, 0.15) is 83.2 Å². The van der Waals surface area contributed by atoms with E-state index in [0.29, 0.717) is 5.56 Å². The SMILES string of the molecule is C[C@@H]1O[C@@H](OC[C@H]2O[C@@H](Oc3c(-c4ccc(O)c(O)c4)oc4cc(O[C@H]5O[C@H](C)[C@@H](O)[C@H](O)[C@@H]5O)cc(O)c4c3=O)[C@H](O)[C@@H](O)[C@H]2OC(=O)C=Cc2ccc(O)cc2)[C@H](O)[C@H](O)[C@H]1O. The third-order valence-electron chi connectivity index (χ3n) is 10.9. The summed E-state index contributed by atoms with van der Waals surface area (Å²) < 4.78 is 45.7. The Balaban J connectivity index is 1.23. The number of fused-ring (bicyclic) bond motifs is 1. The van der Waals surface area contributed by atoms with Crippen LogP contribution in [0.2, 0.25) is 0 Å². The molecule has 64 heavy (non-hydrogen) atoms. The average molecular weight is 903 g/mol. The number of carbonyl (C=O) groups excluding carboxylic acids is 1. The van der Waals surface area contributed by atoms with Crippen molar-refractivity contribution in [3.8, 4) is 45.8 Å². The molecule has 0 aliphatic carbocycles. The van der Waals surface area contributed by atoms with Crippen molar-refractivity contribution in [1.82, 2.24) is 0 Å². The van der Waals surface area contributed by atoms with Crippen LogP contribution in [0.3, 0.4) is 0 Å². The maximum absolute atomic E-state index is 14.4. The molecule has 0 unspecified atom stereocenters. The van der Waals surface area contributed by atoms with Gasteiger partial charge in [-0.05, 0) is 55.8 Å². The minimum absolute atomic E-state index is 0.0312. The summed E-state index contributed by atoms with van der Waals surface area (Å²) in [6.45, 7) is 2.07. The fraction of sp³-hybridized carbons (Fsp3) is 0.429. The van der Waals surface area contributed by atoms with Crippen LogP contribution in [0.15, 0.2) is 69.9 Å². The van der Waals surface area contributed by atoms with Crippen molar-refractivity contribution >= 4 is 23.0 Å². The van der Waals surface area contributed by atoms with Gasteiger partial charge >= 0.3 is 5.97 Å². The van der Waals surface area contributed by atoms with Gasteiger partial charge in [0.2, 0.25) is 23.8 Å². The Morgan fingerprint density at radius 3 is 1.92 bits per heavy atom. The van der Waals surface area contributed by atoms with E-state index in [0.717, 1.165) is 30.3 Å². The van der Waals surface area contributed by atoms with Crippen molar-refractivity contribution in [1.29, 1.82) is 0 Å². The smallest absolute Gasteiger partial charge is 0.331 e. The van der Waals surface area contributed by atoms with Gasteiger partial charge < -0.3 is 98.9 Å². The molecule has 3 aliphatic heterocycles. The number of aliphatic hydroxyl groups is 8. The first-order valence-electron chi connectivity index (χ1n) is 19.7. The second kappa shape index (κ2) is 18.9. The Morgan fingerprint density at radius 1 is 0.656 bits per heavy atom. The highest BCUT2D eigenvalue weighted by Gasteiger charge is 2.50. The van der Waals surface area contributed by atoms with Gasteiger partial charge in [-0.3, -0.25) is 4.79 Å². The van der Waals surface area contributed by atoms with E-state index >= 15 is 0 Å². The van der Waals surface area contributed by atoms with Crippen LogP contribution in [0.5, 0.6) is 34.5 Å². The number of hydrogen-bond donors (Lipinski definition) is 12. The van der Waals surface area contributed by atoms with Gasteiger partial charge in [0.25, 0.3) is 0 Å². The van der Waals surface area contributed by atoms with Crippen LogP contribution in [-0.4, -0.2) is 166 Å². The van der Waals surface area contributed by atoms with Crippen molar-refractivity contribution in [2.45, 2.75) is 106 Å². The molecule has 3 aliphatic rings. The van der Waals surface area contributed by atoms with E-state index < -0.39 is 150 Å². The molecule has 1 aromatic heterocycles. The van der Waals surface area contributed by atoms with Gasteiger partial charge in [0.05, 0.1) is 18.8 Å². The summed E-state index contributed by atoms with van der Waals surface area (Å²) in [5, 5.41) is 125. The fourth-order valence-electron chi connectivity index (χ4n) is 7.20. The number of rotatable bonds is 11. The number of aromatic hydroxyl groups is 4. The van der Waals surface area contributed by atoms with Crippen molar-refractivity contribution in [3.63, 3.8) is 0 Å². The van der Waals surface area contributed by atoms with Gasteiger partial charge in [0.15, 0.2) is 29.7 Å². The van der Waals surface area contributed by atoms with Crippen LogP contribution < -0.4 is 14.9 Å². The molecule has 0 radical (unpaired) electrons. The molecule has 15 atom stereocenters. The number of carbonyl (C=O) groups is 1. The number of aliphatic hydroxyl groups excluding tert-OH is 8. The van der Waals surface area contributed by atoms with Crippen molar-refractivity contribution < 1.29 is 104 Å². The van der Waals surface area contributed by atoms with E-state index in [1.807, 2.05) is 0 Å². The topological polar surface area (TPSA) is 355 Å².